The number of carbonyl (C=O) groups is 2. The standard InChI is InChI=1S/C20H28N4O3/c1-13(25)24-8-2-3-16(12-24)17-11-18(26)22-19(21-17)14-6-9-23(10-7-14)20(27)15-4-5-15/h11,14-16H,2-10,12H2,1H3,(H,21,22,26)/t16-/m0/s1. The zero-order valence-electron chi connectivity index (χ0n) is 15.9. The predicted octanol–water partition coefficient (Wildman–Crippen LogP) is 1.61. The lowest BCUT2D eigenvalue weighted by molar-refractivity contribution is -0.133. The quantitative estimate of drug-likeness (QED) is 0.873. The van der Waals surface area contributed by atoms with Gasteiger partial charge in [0.05, 0.1) is 5.69 Å². The minimum atomic E-state index is -0.119. The van der Waals surface area contributed by atoms with Crippen molar-refractivity contribution in [1.29, 1.82) is 0 Å². The summed E-state index contributed by atoms with van der Waals surface area (Å²) in [6.45, 7) is 4.51. The Hall–Kier alpha value is -2.18. The number of carbonyl (C=O) groups excluding carboxylic acids is 2. The number of likely N-dealkylation sites (tertiary alicyclic amines) is 2. The molecule has 0 spiro atoms. The van der Waals surface area contributed by atoms with Crippen LogP contribution in [0.2, 0.25) is 0 Å². The minimum absolute atomic E-state index is 0.0810. The molecule has 146 valence electrons. The molecule has 1 N–H and O–H groups in total. The number of hydrogen-bond acceptors (Lipinski definition) is 4. The van der Waals surface area contributed by atoms with Crippen molar-refractivity contribution >= 4 is 11.8 Å². The fraction of sp³-hybridized carbons (Fsp3) is 0.700. The summed E-state index contributed by atoms with van der Waals surface area (Å²) in [5.41, 5.74) is 0.683. The zero-order chi connectivity index (χ0) is 19.0. The summed E-state index contributed by atoms with van der Waals surface area (Å²) < 4.78 is 0. The fourth-order valence-corrected chi connectivity index (χ4v) is 4.36. The lowest BCUT2D eigenvalue weighted by atomic mass is 9.92. The van der Waals surface area contributed by atoms with Crippen molar-refractivity contribution < 1.29 is 9.59 Å². The summed E-state index contributed by atoms with van der Waals surface area (Å²) in [5, 5.41) is 0. The first-order valence-corrected chi connectivity index (χ1v) is 10.2. The maximum Gasteiger partial charge on any atom is 0.251 e. The van der Waals surface area contributed by atoms with Gasteiger partial charge in [-0.15, -0.1) is 0 Å². The van der Waals surface area contributed by atoms with E-state index in [1.807, 2.05) is 9.80 Å². The number of nitrogens with zero attached hydrogens (tertiary/aromatic N) is 3. The van der Waals surface area contributed by atoms with Gasteiger partial charge < -0.3 is 14.8 Å². The monoisotopic (exact) mass is 372 g/mol. The summed E-state index contributed by atoms with van der Waals surface area (Å²) in [7, 11) is 0. The van der Waals surface area contributed by atoms with Gasteiger partial charge in [0.25, 0.3) is 5.56 Å². The maximum atomic E-state index is 12.2. The van der Waals surface area contributed by atoms with Gasteiger partial charge in [-0.05, 0) is 38.5 Å². The van der Waals surface area contributed by atoms with Gasteiger partial charge in [-0.2, -0.15) is 0 Å². The van der Waals surface area contributed by atoms with Gasteiger partial charge in [0.2, 0.25) is 11.8 Å². The van der Waals surface area contributed by atoms with Crippen molar-refractivity contribution in [2.24, 2.45) is 5.92 Å². The molecule has 0 radical (unpaired) electrons. The Morgan fingerprint density at radius 2 is 1.78 bits per heavy atom. The Morgan fingerprint density at radius 3 is 2.44 bits per heavy atom. The highest BCUT2D eigenvalue weighted by molar-refractivity contribution is 5.81. The predicted molar refractivity (Wildman–Crippen MR) is 100 cm³/mol. The van der Waals surface area contributed by atoms with E-state index in [0.29, 0.717) is 12.5 Å². The molecule has 2 aliphatic heterocycles. The number of rotatable bonds is 3. The van der Waals surface area contributed by atoms with Crippen LogP contribution in [0.3, 0.4) is 0 Å². The summed E-state index contributed by atoms with van der Waals surface area (Å²) >= 11 is 0. The lowest BCUT2D eigenvalue weighted by Gasteiger charge is -2.33. The third-order valence-corrected chi connectivity index (χ3v) is 6.18. The number of nitrogens with one attached hydrogen (secondary N) is 1. The van der Waals surface area contributed by atoms with Crippen LogP contribution in [0.15, 0.2) is 10.9 Å². The van der Waals surface area contributed by atoms with E-state index >= 15 is 0 Å². The van der Waals surface area contributed by atoms with Crippen LogP contribution < -0.4 is 5.56 Å². The zero-order valence-corrected chi connectivity index (χ0v) is 15.9. The molecule has 27 heavy (non-hydrogen) atoms. The second kappa shape index (κ2) is 7.44. The first kappa shape index (κ1) is 18.2. The second-order valence-corrected chi connectivity index (χ2v) is 8.23. The van der Waals surface area contributed by atoms with Crippen molar-refractivity contribution in [1.82, 2.24) is 19.8 Å². The molecule has 1 aliphatic carbocycles. The van der Waals surface area contributed by atoms with Crippen LogP contribution in [0.1, 0.15) is 68.8 Å². The molecule has 7 heteroatoms. The molecule has 4 rings (SSSR count). The maximum absolute atomic E-state index is 12.2. The molecular weight excluding hydrogens is 344 g/mol. The molecule has 2 amide bonds. The van der Waals surface area contributed by atoms with E-state index in [-0.39, 0.29) is 29.2 Å². The Kier molecular flexibility index (Phi) is 5.02. The Morgan fingerprint density at radius 1 is 1.04 bits per heavy atom. The van der Waals surface area contributed by atoms with Crippen molar-refractivity contribution in [3.05, 3.63) is 27.9 Å². The van der Waals surface area contributed by atoms with Gasteiger partial charge in [-0.25, -0.2) is 4.98 Å². The van der Waals surface area contributed by atoms with Gasteiger partial charge >= 0.3 is 0 Å². The number of piperidine rings is 2. The Balaban J connectivity index is 1.45. The second-order valence-electron chi connectivity index (χ2n) is 8.23. The Labute approximate surface area is 159 Å². The van der Waals surface area contributed by atoms with E-state index in [1.165, 1.54) is 0 Å². The molecule has 1 aromatic heterocycles. The smallest absolute Gasteiger partial charge is 0.251 e. The average molecular weight is 372 g/mol. The number of amides is 2. The Bertz CT molecular complexity index is 778. The number of H-pyrrole nitrogens is 1. The van der Waals surface area contributed by atoms with Crippen LogP contribution >= 0.6 is 0 Å². The molecule has 0 unspecified atom stereocenters. The molecule has 1 aromatic rings. The third kappa shape index (κ3) is 4.06. The largest absolute Gasteiger partial charge is 0.342 e. The lowest BCUT2D eigenvalue weighted by Crippen LogP contribution is -2.40. The van der Waals surface area contributed by atoms with E-state index in [1.54, 1.807) is 13.0 Å². The number of aromatic nitrogens is 2. The number of hydrogen-bond donors (Lipinski definition) is 1. The first-order chi connectivity index (χ1) is 13.0. The van der Waals surface area contributed by atoms with Crippen LogP contribution in [-0.2, 0) is 9.59 Å². The molecule has 7 nitrogen and oxygen atoms in total. The summed E-state index contributed by atoms with van der Waals surface area (Å²) in [6, 6.07) is 1.59. The van der Waals surface area contributed by atoms with E-state index in [0.717, 1.165) is 69.7 Å². The van der Waals surface area contributed by atoms with Crippen molar-refractivity contribution in [2.45, 2.75) is 57.3 Å². The highest BCUT2D eigenvalue weighted by Gasteiger charge is 2.35. The van der Waals surface area contributed by atoms with Gasteiger partial charge in [-0.1, -0.05) is 0 Å². The highest BCUT2D eigenvalue weighted by atomic mass is 16.2. The number of aromatic amines is 1. The minimum Gasteiger partial charge on any atom is -0.342 e. The topological polar surface area (TPSA) is 86.4 Å². The molecule has 1 saturated carbocycles. The molecule has 2 saturated heterocycles. The molecular formula is C20H28N4O3. The van der Waals surface area contributed by atoms with Crippen LogP contribution in [0, 0.1) is 5.92 Å². The third-order valence-electron chi connectivity index (χ3n) is 6.18. The van der Waals surface area contributed by atoms with Crippen molar-refractivity contribution in [3.8, 4) is 0 Å². The van der Waals surface area contributed by atoms with E-state index in [2.05, 4.69) is 4.98 Å². The molecule has 0 bridgehead atoms. The summed E-state index contributed by atoms with van der Waals surface area (Å²) in [5.74, 6) is 1.70. The summed E-state index contributed by atoms with van der Waals surface area (Å²) in [6.07, 6.45) is 5.65. The van der Waals surface area contributed by atoms with Crippen molar-refractivity contribution in [3.63, 3.8) is 0 Å². The molecule has 0 aromatic carbocycles. The van der Waals surface area contributed by atoms with Gasteiger partial charge in [0.1, 0.15) is 5.82 Å². The van der Waals surface area contributed by atoms with Crippen LogP contribution in [0.4, 0.5) is 0 Å². The average Bonchev–Trinajstić information content (AvgIpc) is 3.52. The van der Waals surface area contributed by atoms with Crippen LogP contribution in [-0.4, -0.2) is 57.8 Å². The first-order valence-electron chi connectivity index (χ1n) is 10.2. The van der Waals surface area contributed by atoms with E-state index in [9.17, 15) is 14.4 Å². The summed E-state index contributed by atoms with van der Waals surface area (Å²) in [4.78, 5) is 47.7. The van der Waals surface area contributed by atoms with Crippen LogP contribution in [0.25, 0.3) is 0 Å². The normalized spacial score (nSPS) is 24.1. The van der Waals surface area contributed by atoms with Gasteiger partial charge in [0, 0.05) is 56.9 Å². The van der Waals surface area contributed by atoms with Gasteiger partial charge in [-0.3, -0.25) is 14.4 Å². The fourth-order valence-electron chi connectivity index (χ4n) is 4.36. The van der Waals surface area contributed by atoms with Crippen LogP contribution in [0.5, 0.6) is 0 Å². The highest BCUT2D eigenvalue weighted by Crippen LogP contribution is 2.34. The van der Waals surface area contributed by atoms with Gasteiger partial charge in [0.15, 0.2) is 0 Å². The van der Waals surface area contributed by atoms with E-state index < -0.39 is 0 Å². The molecule has 1 atom stereocenters. The molecule has 3 heterocycles. The molecule has 3 fully saturated rings. The SMILES string of the molecule is CC(=O)N1CCC[C@H](c2cc(=O)[nH]c(C3CCN(C(=O)C4CC4)CC3)n2)C1. The van der Waals surface area contributed by atoms with E-state index in [4.69, 9.17) is 4.98 Å². The van der Waals surface area contributed by atoms with Crippen molar-refractivity contribution in [2.75, 3.05) is 26.2 Å². The molecule has 3 aliphatic rings.